The van der Waals surface area contributed by atoms with Crippen molar-refractivity contribution in [2.45, 2.75) is 58.0 Å². The van der Waals surface area contributed by atoms with Gasteiger partial charge in [0.25, 0.3) is 11.8 Å². The van der Waals surface area contributed by atoms with Crippen LogP contribution in [0.5, 0.6) is 23.1 Å². The fourth-order valence-electron chi connectivity index (χ4n) is 3.71. The number of carbonyl (C=O) groups excluding carboxylic acids is 1. The van der Waals surface area contributed by atoms with Crippen LogP contribution in [0.1, 0.15) is 61.9 Å². The molecule has 2 N–H and O–H groups in total. The smallest absolute Gasteiger partial charge is 0.265 e. The third-order valence-corrected chi connectivity index (χ3v) is 5.11. The lowest BCUT2D eigenvalue weighted by Gasteiger charge is -2.26. The molecule has 0 spiro atoms. The maximum Gasteiger partial charge on any atom is 0.265 e. The van der Waals surface area contributed by atoms with Crippen LogP contribution in [0, 0.1) is 11.3 Å². The highest BCUT2D eigenvalue weighted by atomic mass is 16.6. The molecule has 1 aromatic heterocycles. The van der Waals surface area contributed by atoms with Crippen molar-refractivity contribution < 1.29 is 14.3 Å². The van der Waals surface area contributed by atoms with Crippen LogP contribution < -0.4 is 20.1 Å². The van der Waals surface area contributed by atoms with Gasteiger partial charge in [-0.15, -0.1) is 0 Å². The third kappa shape index (κ3) is 3.97. The molecule has 150 valence electrons. The van der Waals surface area contributed by atoms with E-state index in [1.54, 1.807) is 18.2 Å². The first kappa shape index (κ1) is 19.1. The largest absolute Gasteiger partial charge is 0.445 e. The number of nitriles is 1. The molecule has 29 heavy (non-hydrogen) atoms. The minimum atomic E-state index is -0.171. The summed E-state index contributed by atoms with van der Waals surface area (Å²) in [7, 11) is 0. The number of carbonyl (C=O) groups is 1. The van der Waals surface area contributed by atoms with E-state index in [1.165, 1.54) is 12.6 Å². The molecule has 0 saturated heterocycles. The summed E-state index contributed by atoms with van der Waals surface area (Å²) >= 11 is 0. The maximum atomic E-state index is 13.0. The number of aromatic nitrogens is 1. The second-order valence-electron chi connectivity index (χ2n) is 7.77. The molecule has 7 heteroatoms. The molecule has 1 fully saturated rings. The minimum Gasteiger partial charge on any atom is -0.445 e. The van der Waals surface area contributed by atoms with Gasteiger partial charge in [0.2, 0.25) is 5.75 Å². The van der Waals surface area contributed by atoms with Crippen molar-refractivity contribution in [2.24, 2.45) is 0 Å². The molecule has 0 atom stereocenters. The molecule has 7 nitrogen and oxygen atoms in total. The zero-order chi connectivity index (χ0) is 20.4. The zero-order valence-corrected chi connectivity index (χ0v) is 16.6. The number of rotatable bonds is 4. The van der Waals surface area contributed by atoms with Crippen LogP contribution in [-0.4, -0.2) is 23.0 Å². The molecule has 1 aliphatic carbocycles. The van der Waals surface area contributed by atoms with Gasteiger partial charge < -0.3 is 20.1 Å². The molecule has 0 bridgehead atoms. The zero-order valence-electron chi connectivity index (χ0n) is 16.6. The number of pyridine rings is 1. The molecule has 0 radical (unpaired) electrons. The topological polar surface area (TPSA) is 96.3 Å². The summed E-state index contributed by atoms with van der Waals surface area (Å²) < 4.78 is 11.9. The van der Waals surface area contributed by atoms with Gasteiger partial charge in [0.1, 0.15) is 0 Å². The predicted molar refractivity (Wildman–Crippen MR) is 109 cm³/mol. The summed E-state index contributed by atoms with van der Waals surface area (Å²) in [6.45, 7) is 3.97. The fraction of sp³-hybridized carbons (Fsp3) is 0.409. The summed E-state index contributed by atoms with van der Waals surface area (Å²) in [5, 5.41) is 15.6. The van der Waals surface area contributed by atoms with Gasteiger partial charge in [-0.1, -0.05) is 19.3 Å². The number of anilines is 1. The van der Waals surface area contributed by atoms with Gasteiger partial charge in [0.05, 0.1) is 22.9 Å². The number of hydrogen-bond donors (Lipinski definition) is 2. The van der Waals surface area contributed by atoms with E-state index < -0.39 is 0 Å². The Labute approximate surface area is 170 Å². The molecule has 1 aromatic carbocycles. The van der Waals surface area contributed by atoms with Crippen molar-refractivity contribution >= 4 is 11.6 Å². The Morgan fingerprint density at radius 3 is 2.72 bits per heavy atom. The molecule has 2 aromatic rings. The van der Waals surface area contributed by atoms with Crippen molar-refractivity contribution in [3.63, 3.8) is 0 Å². The van der Waals surface area contributed by atoms with Crippen molar-refractivity contribution in [3.8, 4) is 29.2 Å². The second kappa shape index (κ2) is 8.00. The Balaban J connectivity index is 1.69. The van der Waals surface area contributed by atoms with Gasteiger partial charge in [-0.2, -0.15) is 5.26 Å². The number of fused-ring (bicyclic) bond motifs is 2. The number of ether oxygens (including phenoxy) is 2. The summed E-state index contributed by atoms with van der Waals surface area (Å²) in [5.41, 5.74) is 1.44. The van der Waals surface area contributed by atoms with E-state index in [0.29, 0.717) is 39.9 Å². The van der Waals surface area contributed by atoms with Crippen LogP contribution in [0.2, 0.25) is 0 Å². The average molecular weight is 392 g/mol. The molecule has 1 saturated carbocycles. The van der Waals surface area contributed by atoms with E-state index in [9.17, 15) is 4.79 Å². The Morgan fingerprint density at radius 2 is 2.00 bits per heavy atom. The van der Waals surface area contributed by atoms with E-state index in [4.69, 9.17) is 14.7 Å². The highest BCUT2D eigenvalue weighted by Gasteiger charge is 2.29. The summed E-state index contributed by atoms with van der Waals surface area (Å²) in [6.07, 6.45) is 7.03. The van der Waals surface area contributed by atoms with E-state index in [-0.39, 0.29) is 18.0 Å². The van der Waals surface area contributed by atoms with Gasteiger partial charge in [0, 0.05) is 24.3 Å². The van der Waals surface area contributed by atoms with Gasteiger partial charge in [0.15, 0.2) is 11.5 Å². The van der Waals surface area contributed by atoms with Crippen LogP contribution in [0.4, 0.5) is 5.69 Å². The quantitative estimate of drug-likeness (QED) is 0.666. The third-order valence-electron chi connectivity index (χ3n) is 5.11. The fourth-order valence-corrected chi connectivity index (χ4v) is 3.71. The Bertz CT molecular complexity index is 975. The van der Waals surface area contributed by atoms with Crippen molar-refractivity contribution in [2.75, 3.05) is 5.32 Å². The second-order valence-corrected chi connectivity index (χ2v) is 7.77. The normalized spacial score (nSPS) is 15.4. The maximum absolute atomic E-state index is 13.0. The van der Waals surface area contributed by atoms with E-state index >= 15 is 0 Å². The van der Waals surface area contributed by atoms with Crippen LogP contribution in [-0.2, 0) is 0 Å². The Kier molecular flexibility index (Phi) is 5.26. The van der Waals surface area contributed by atoms with Crippen molar-refractivity contribution in [1.29, 1.82) is 5.26 Å². The number of hydrogen-bond acceptors (Lipinski definition) is 6. The molecule has 1 aliphatic heterocycles. The minimum absolute atomic E-state index is 0.0678. The first-order valence-corrected chi connectivity index (χ1v) is 10.1. The molecular weight excluding hydrogens is 368 g/mol. The number of benzene rings is 1. The molecular formula is C22H24N4O3. The SMILES string of the molecule is CC(C)Nc1c(C(=O)NC2CCCCC2)cnc2c1Oc1cc(C#N)ccc1O2. The monoisotopic (exact) mass is 392 g/mol. The molecule has 2 aliphatic rings. The van der Waals surface area contributed by atoms with E-state index in [2.05, 4.69) is 21.7 Å². The summed E-state index contributed by atoms with van der Waals surface area (Å²) in [5.74, 6) is 1.39. The van der Waals surface area contributed by atoms with Gasteiger partial charge in [-0.05, 0) is 38.8 Å². The molecule has 1 amide bonds. The average Bonchev–Trinajstić information content (AvgIpc) is 2.72. The summed E-state index contributed by atoms with van der Waals surface area (Å²) in [6, 6.07) is 7.30. The summed E-state index contributed by atoms with van der Waals surface area (Å²) in [4.78, 5) is 17.3. The van der Waals surface area contributed by atoms with E-state index in [1.807, 2.05) is 13.8 Å². The Hall–Kier alpha value is -3.27. The van der Waals surface area contributed by atoms with Gasteiger partial charge >= 0.3 is 0 Å². The lowest BCUT2D eigenvalue weighted by atomic mass is 9.95. The molecule has 4 rings (SSSR count). The van der Waals surface area contributed by atoms with Gasteiger partial charge in [-0.3, -0.25) is 4.79 Å². The van der Waals surface area contributed by atoms with E-state index in [0.717, 1.165) is 25.7 Å². The van der Waals surface area contributed by atoms with Crippen LogP contribution >= 0.6 is 0 Å². The van der Waals surface area contributed by atoms with Gasteiger partial charge in [-0.25, -0.2) is 4.98 Å². The lowest BCUT2D eigenvalue weighted by molar-refractivity contribution is 0.0927. The first-order valence-electron chi connectivity index (χ1n) is 10.1. The number of amides is 1. The first-order chi connectivity index (χ1) is 14.0. The number of nitrogens with zero attached hydrogens (tertiary/aromatic N) is 2. The predicted octanol–water partition coefficient (Wildman–Crippen LogP) is 4.73. The van der Waals surface area contributed by atoms with Crippen molar-refractivity contribution in [3.05, 3.63) is 35.5 Å². The van der Waals surface area contributed by atoms with Crippen LogP contribution in [0.3, 0.4) is 0 Å². The number of nitrogens with one attached hydrogen (secondary N) is 2. The Morgan fingerprint density at radius 1 is 1.21 bits per heavy atom. The lowest BCUT2D eigenvalue weighted by Crippen LogP contribution is -2.36. The van der Waals surface area contributed by atoms with Crippen LogP contribution in [0.15, 0.2) is 24.4 Å². The highest BCUT2D eigenvalue weighted by Crippen LogP contribution is 2.49. The standard InChI is InChI=1S/C22H24N4O3/c1-13(2)25-19-16(21(27)26-15-6-4-3-5-7-15)12-24-22-20(19)28-18-10-14(11-23)8-9-17(18)29-22/h8-10,12-13,15H,3-7H2,1-2H3,(H,24,25)(H,26,27). The molecule has 2 heterocycles. The molecule has 0 unspecified atom stereocenters. The highest BCUT2D eigenvalue weighted by molar-refractivity contribution is 6.01. The van der Waals surface area contributed by atoms with Crippen LogP contribution in [0.25, 0.3) is 0 Å². The van der Waals surface area contributed by atoms with Crippen molar-refractivity contribution in [1.82, 2.24) is 10.3 Å².